The minimum absolute atomic E-state index is 0.0891. The number of benzene rings is 1. The Bertz CT molecular complexity index is 504. The van der Waals surface area contributed by atoms with Crippen LogP contribution in [0.2, 0.25) is 0 Å². The van der Waals surface area contributed by atoms with Gasteiger partial charge in [-0.15, -0.1) is 11.8 Å². The Balaban J connectivity index is 2.04. The summed E-state index contributed by atoms with van der Waals surface area (Å²) in [4.78, 5) is 26.7. The molecule has 0 radical (unpaired) electrons. The Morgan fingerprint density at radius 2 is 2.15 bits per heavy atom. The van der Waals surface area contributed by atoms with E-state index in [2.05, 4.69) is 10.8 Å². The van der Waals surface area contributed by atoms with Gasteiger partial charge in [0.25, 0.3) is 0 Å². The average Bonchev–Trinajstić information content (AvgIpc) is 2.91. The number of nitrogens with zero attached hydrogens (tertiary/aromatic N) is 1. The summed E-state index contributed by atoms with van der Waals surface area (Å²) in [7, 11) is 1.37. The summed E-state index contributed by atoms with van der Waals surface area (Å²) >= 11 is 1.72. The molecule has 0 spiro atoms. The third-order valence-corrected chi connectivity index (χ3v) is 4.69. The van der Waals surface area contributed by atoms with Gasteiger partial charge in [0.1, 0.15) is 0 Å². The quantitative estimate of drug-likeness (QED) is 0.782. The van der Waals surface area contributed by atoms with Gasteiger partial charge in [-0.05, 0) is 18.6 Å². The summed E-state index contributed by atoms with van der Waals surface area (Å²) in [6.45, 7) is 2.97. The Kier molecular flexibility index (Phi) is 5.06. The maximum absolute atomic E-state index is 12.6. The van der Waals surface area contributed by atoms with Crippen molar-refractivity contribution in [2.75, 3.05) is 26.0 Å². The van der Waals surface area contributed by atoms with Crippen LogP contribution < -0.4 is 0 Å². The molecule has 1 amide bonds. The first-order valence-corrected chi connectivity index (χ1v) is 7.73. The molecule has 1 aliphatic rings. The van der Waals surface area contributed by atoms with Crippen molar-refractivity contribution in [2.45, 2.75) is 24.2 Å². The maximum Gasteiger partial charge on any atom is 0.307 e. The zero-order chi connectivity index (χ0) is 14.5. The summed E-state index contributed by atoms with van der Waals surface area (Å²) in [5.74, 6) is 0.521. The van der Waals surface area contributed by atoms with Gasteiger partial charge in [0.15, 0.2) is 0 Å². The van der Waals surface area contributed by atoms with Crippen LogP contribution in [0.25, 0.3) is 0 Å². The first kappa shape index (κ1) is 14.9. The predicted molar refractivity (Wildman–Crippen MR) is 78.8 cm³/mol. The van der Waals surface area contributed by atoms with E-state index in [0.29, 0.717) is 13.1 Å². The molecule has 1 unspecified atom stereocenters. The fourth-order valence-electron chi connectivity index (χ4n) is 2.34. The number of esters is 1. The first-order valence-electron chi connectivity index (χ1n) is 6.74. The highest BCUT2D eigenvalue weighted by Gasteiger charge is 2.31. The van der Waals surface area contributed by atoms with Crippen molar-refractivity contribution in [2.24, 2.45) is 0 Å². The second-order valence-corrected chi connectivity index (χ2v) is 5.71. The summed E-state index contributed by atoms with van der Waals surface area (Å²) < 4.78 is 4.63. The Morgan fingerprint density at radius 3 is 2.85 bits per heavy atom. The van der Waals surface area contributed by atoms with Crippen LogP contribution in [-0.4, -0.2) is 42.7 Å². The van der Waals surface area contributed by atoms with E-state index >= 15 is 0 Å². The van der Waals surface area contributed by atoms with Crippen molar-refractivity contribution in [3.8, 4) is 0 Å². The van der Waals surface area contributed by atoms with Crippen LogP contribution in [0.1, 0.15) is 24.8 Å². The zero-order valence-electron chi connectivity index (χ0n) is 11.8. The molecule has 1 aromatic carbocycles. The number of carbonyl (C=O) groups excluding carboxylic acids is 2. The summed E-state index contributed by atoms with van der Waals surface area (Å²) in [5.41, 5.74) is 1.11. The van der Waals surface area contributed by atoms with Crippen LogP contribution in [0.15, 0.2) is 29.2 Å². The fraction of sp³-hybridized carbons (Fsp3) is 0.467. The molecule has 2 rings (SSSR count). The van der Waals surface area contributed by atoms with Gasteiger partial charge in [-0.1, -0.05) is 18.2 Å². The monoisotopic (exact) mass is 293 g/mol. The highest BCUT2D eigenvalue weighted by Crippen LogP contribution is 2.40. The third-order valence-electron chi connectivity index (χ3n) is 3.50. The molecular formula is C15H19NO3S. The van der Waals surface area contributed by atoms with Gasteiger partial charge >= 0.3 is 5.97 Å². The van der Waals surface area contributed by atoms with Gasteiger partial charge < -0.3 is 9.64 Å². The van der Waals surface area contributed by atoms with Gasteiger partial charge in [0, 0.05) is 23.7 Å². The number of rotatable bonds is 5. The molecule has 5 heteroatoms. The molecule has 0 aliphatic carbocycles. The number of hydrogen-bond acceptors (Lipinski definition) is 4. The third kappa shape index (κ3) is 3.15. The molecular weight excluding hydrogens is 274 g/mol. The van der Waals surface area contributed by atoms with Crippen LogP contribution >= 0.6 is 11.8 Å². The average molecular weight is 293 g/mol. The summed E-state index contributed by atoms with van der Waals surface area (Å²) in [5, 5.41) is 0. The van der Waals surface area contributed by atoms with Gasteiger partial charge in [-0.25, -0.2) is 0 Å². The molecule has 0 saturated heterocycles. The number of carbonyl (C=O) groups is 2. The molecule has 1 aromatic rings. The topological polar surface area (TPSA) is 46.6 Å². The largest absolute Gasteiger partial charge is 0.469 e. The first-order chi connectivity index (χ1) is 9.67. The van der Waals surface area contributed by atoms with Crippen molar-refractivity contribution in [3.05, 3.63) is 29.8 Å². The molecule has 0 bridgehead atoms. The van der Waals surface area contributed by atoms with Crippen molar-refractivity contribution >= 4 is 23.6 Å². The maximum atomic E-state index is 12.6. The summed E-state index contributed by atoms with van der Waals surface area (Å²) in [6, 6.07) is 8.04. The van der Waals surface area contributed by atoms with Crippen molar-refractivity contribution < 1.29 is 14.3 Å². The van der Waals surface area contributed by atoms with Crippen LogP contribution in [0.3, 0.4) is 0 Å². The lowest BCUT2D eigenvalue weighted by Crippen LogP contribution is -2.36. The molecule has 1 atom stereocenters. The number of methoxy groups -OCH3 is 1. The van der Waals surface area contributed by atoms with E-state index in [-0.39, 0.29) is 24.2 Å². The minimum Gasteiger partial charge on any atom is -0.469 e. The van der Waals surface area contributed by atoms with Crippen molar-refractivity contribution in [1.82, 2.24) is 4.90 Å². The lowest BCUT2D eigenvalue weighted by atomic mass is 10.00. The fourth-order valence-corrected chi connectivity index (χ4v) is 3.56. The SMILES string of the molecule is CCN(CCC(=O)OC)C(=O)C1CSc2ccccc21. The minimum atomic E-state index is -0.280. The highest BCUT2D eigenvalue weighted by atomic mass is 32.2. The molecule has 4 nitrogen and oxygen atoms in total. The zero-order valence-corrected chi connectivity index (χ0v) is 12.6. The second kappa shape index (κ2) is 6.79. The molecule has 0 saturated carbocycles. The molecule has 0 fully saturated rings. The number of likely N-dealkylation sites (N-methyl/N-ethyl adjacent to an activating group) is 1. The van der Waals surface area contributed by atoms with Crippen LogP contribution in [0.4, 0.5) is 0 Å². The van der Waals surface area contributed by atoms with E-state index in [1.807, 2.05) is 25.1 Å². The lowest BCUT2D eigenvalue weighted by molar-refractivity contribution is -0.141. The van der Waals surface area contributed by atoms with Crippen LogP contribution in [0.5, 0.6) is 0 Å². The number of hydrogen-bond donors (Lipinski definition) is 0. The number of ether oxygens (including phenoxy) is 1. The van der Waals surface area contributed by atoms with Crippen molar-refractivity contribution in [1.29, 1.82) is 0 Å². The number of fused-ring (bicyclic) bond motifs is 1. The Labute approximate surface area is 123 Å². The number of thioether (sulfide) groups is 1. The Hall–Kier alpha value is -1.49. The smallest absolute Gasteiger partial charge is 0.307 e. The van der Waals surface area contributed by atoms with Crippen LogP contribution in [-0.2, 0) is 14.3 Å². The lowest BCUT2D eigenvalue weighted by Gasteiger charge is -2.24. The van der Waals surface area contributed by atoms with E-state index in [9.17, 15) is 9.59 Å². The van der Waals surface area contributed by atoms with Gasteiger partial charge in [-0.3, -0.25) is 9.59 Å². The molecule has 108 valence electrons. The van der Waals surface area contributed by atoms with Gasteiger partial charge in [0.2, 0.25) is 5.91 Å². The van der Waals surface area contributed by atoms with Gasteiger partial charge in [-0.2, -0.15) is 0 Å². The summed E-state index contributed by atoms with van der Waals surface area (Å²) in [6.07, 6.45) is 0.248. The standard InChI is InChI=1S/C15H19NO3S/c1-3-16(9-8-14(17)19-2)15(18)12-10-20-13-7-5-4-6-11(12)13/h4-7,12H,3,8-10H2,1-2H3. The highest BCUT2D eigenvalue weighted by molar-refractivity contribution is 7.99. The van der Waals surface area contributed by atoms with E-state index in [0.717, 1.165) is 11.3 Å². The molecule has 0 N–H and O–H groups in total. The van der Waals surface area contributed by atoms with Crippen molar-refractivity contribution in [3.63, 3.8) is 0 Å². The van der Waals surface area contributed by atoms with Gasteiger partial charge in [0.05, 0.1) is 19.4 Å². The Morgan fingerprint density at radius 1 is 1.40 bits per heavy atom. The van der Waals surface area contributed by atoms with E-state index in [1.54, 1.807) is 16.7 Å². The van der Waals surface area contributed by atoms with E-state index in [1.165, 1.54) is 12.0 Å². The predicted octanol–water partition coefficient (Wildman–Crippen LogP) is 2.29. The molecule has 1 heterocycles. The van der Waals surface area contributed by atoms with E-state index in [4.69, 9.17) is 0 Å². The normalized spacial score (nSPS) is 16.6. The molecule has 0 aromatic heterocycles. The van der Waals surface area contributed by atoms with Crippen LogP contribution in [0, 0.1) is 0 Å². The second-order valence-electron chi connectivity index (χ2n) is 4.65. The number of amides is 1. The van der Waals surface area contributed by atoms with E-state index < -0.39 is 0 Å². The molecule has 1 aliphatic heterocycles. The molecule has 20 heavy (non-hydrogen) atoms.